The van der Waals surface area contributed by atoms with Crippen LogP contribution < -0.4 is 0 Å². The first-order valence-corrected chi connectivity index (χ1v) is 9.33. The predicted molar refractivity (Wildman–Crippen MR) is 95.9 cm³/mol. The Morgan fingerprint density at radius 1 is 1.24 bits per heavy atom. The highest BCUT2D eigenvalue weighted by atomic mass is 16.6. The van der Waals surface area contributed by atoms with Crippen molar-refractivity contribution in [2.75, 3.05) is 13.2 Å². The summed E-state index contributed by atoms with van der Waals surface area (Å²) in [5.41, 5.74) is 1.13. The number of ether oxygens (including phenoxy) is 1. The second-order valence-corrected chi connectivity index (χ2v) is 7.46. The lowest BCUT2D eigenvalue weighted by atomic mass is 10.0. The molecule has 2 amide bonds. The van der Waals surface area contributed by atoms with Crippen LogP contribution in [0.5, 0.6) is 0 Å². The Kier molecular flexibility index (Phi) is 5.61. The van der Waals surface area contributed by atoms with Crippen molar-refractivity contribution in [1.29, 1.82) is 0 Å². The van der Waals surface area contributed by atoms with Gasteiger partial charge in [0, 0.05) is 12.6 Å². The van der Waals surface area contributed by atoms with Crippen molar-refractivity contribution in [2.45, 2.75) is 58.2 Å². The Balaban J connectivity index is 1.73. The van der Waals surface area contributed by atoms with Crippen molar-refractivity contribution in [3.8, 4) is 0 Å². The molecule has 1 aliphatic carbocycles. The van der Waals surface area contributed by atoms with Crippen molar-refractivity contribution in [3.63, 3.8) is 0 Å². The number of nitrogens with zero attached hydrogens (tertiary/aromatic N) is 2. The van der Waals surface area contributed by atoms with Gasteiger partial charge in [-0.15, -0.1) is 0 Å². The normalized spacial score (nSPS) is 21.0. The molecule has 0 spiro atoms. The predicted octanol–water partition coefficient (Wildman–Crippen LogP) is 3.43. The molecule has 1 saturated heterocycles. The molecule has 2 aliphatic rings. The molecule has 0 N–H and O–H groups in total. The average molecular weight is 344 g/mol. The molecule has 1 saturated carbocycles. The van der Waals surface area contributed by atoms with E-state index in [-0.39, 0.29) is 36.5 Å². The maximum atomic E-state index is 13.1. The van der Waals surface area contributed by atoms with Gasteiger partial charge in [0.15, 0.2) is 0 Å². The maximum absolute atomic E-state index is 13.1. The molecule has 1 aliphatic heterocycles. The fourth-order valence-electron chi connectivity index (χ4n) is 3.85. The first-order chi connectivity index (χ1) is 12.1. The van der Waals surface area contributed by atoms with Crippen LogP contribution in [0.2, 0.25) is 0 Å². The van der Waals surface area contributed by atoms with E-state index < -0.39 is 0 Å². The van der Waals surface area contributed by atoms with Gasteiger partial charge in [0.05, 0.1) is 6.04 Å². The molecule has 5 heteroatoms. The average Bonchev–Trinajstić information content (AvgIpc) is 3.24. The van der Waals surface area contributed by atoms with Crippen LogP contribution in [0, 0.1) is 5.92 Å². The summed E-state index contributed by atoms with van der Waals surface area (Å²) in [7, 11) is 0. The van der Waals surface area contributed by atoms with E-state index in [4.69, 9.17) is 4.74 Å². The molecule has 136 valence electrons. The lowest BCUT2D eigenvalue weighted by molar-refractivity contribution is -0.135. The monoisotopic (exact) mass is 344 g/mol. The van der Waals surface area contributed by atoms with Crippen LogP contribution in [0.1, 0.15) is 45.1 Å². The third kappa shape index (κ3) is 4.14. The van der Waals surface area contributed by atoms with E-state index in [2.05, 4.69) is 26.0 Å². The van der Waals surface area contributed by atoms with Crippen LogP contribution >= 0.6 is 0 Å². The van der Waals surface area contributed by atoms with Gasteiger partial charge in [-0.25, -0.2) is 4.79 Å². The lowest BCUT2D eigenvalue weighted by Crippen LogP contribution is -2.48. The highest BCUT2D eigenvalue weighted by Crippen LogP contribution is 2.26. The molecular formula is C20H28N2O3. The molecule has 1 atom stereocenters. The van der Waals surface area contributed by atoms with Crippen LogP contribution in [0.4, 0.5) is 4.79 Å². The van der Waals surface area contributed by atoms with Gasteiger partial charge in [-0.3, -0.25) is 9.69 Å². The number of hydrogen-bond donors (Lipinski definition) is 0. The van der Waals surface area contributed by atoms with Crippen molar-refractivity contribution in [3.05, 3.63) is 35.9 Å². The van der Waals surface area contributed by atoms with E-state index in [0.29, 0.717) is 13.2 Å². The zero-order valence-corrected chi connectivity index (χ0v) is 15.2. The molecule has 0 aromatic heterocycles. The number of amides is 2. The first-order valence-electron chi connectivity index (χ1n) is 9.33. The number of benzene rings is 1. The third-order valence-electron chi connectivity index (χ3n) is 5.37. The number of cyclic esters (lactones) is 1. The molecule has 25 heavy (non-hydrogen) atoms. The maximum Gasteiger partial charge on any atom is 0.410 e. The van der Waals surface area contributed by atoms with E-state index in [9.17, 15) is 9.59 Å². The fraction of sp³-hybridized carbons (Fsp3) is 0.600. The highest BCUT2D eigenvalue weighted by molar-refractivity contribution is 5.83. The second kappa shape index (κ2) is 7.89. The Labute approximate surface area is 149 Å². The van der Waals surface area contributed by atoms with Crippen LogP contribution in [0.3, 0.4) is 0 Å². The molecule has 3 rings (SSSR count). The van der Waals surface area contributed by atoms with Crippen LogP contribution in [0.15, 0.2) is 30.3 Å². The number of carbonyl (C=O) groups excluding carboxylic acids is 2. The molecule has 5 nitrogen and oxygen atoms in total. The molecule has 0 bridgehead atoms. The van der Waals surface area contributed by atoms with Gasteiger partial charge in [0.25, 0.3) is 0 Å². The molecular weight excluding hydrogens is 316 g/mol. The Morgan fingerprint density at radius 2 is 1.92 bits per heavy atom. The quantitative estimate of drug-likeness (QED) is 0.794. The molecule has 1 aromatic carbocycles. The summed E-state index contributed by atoms with van der Waals surface area (Å²) in [6, 6.07) is 10.4. The SMILES string of the molecule is CC(C)[C@H]1COC(=O)N1CC(=O)N(Cc1ccccc1)C1CCCC1. The van der Waals surface area contributed by atoms with Crippen molar-refractivity contribution in [2.24, 2.45) is 5.92 Å². The minimum absolute atomic E-state index is 0.0152. The van der Waals surface area contributed by atoms with Crippen LogP contribution in [0.25, 0.3) is 0 Å². The van der Waals surface area contributed by atoms with Gasteiger partial charge in [-0.2, -0.15) is 0 Å². The Hall–Kier alpha value is -2.04. The standard InChI is InChI=1S/C20H28N2O3/c1-15(2)18-14-25-20(24)22(18)13-19(23)21(17-10-6-7-11-17)12-16-8-4-3-5-9-16/h3-5,8-9,15,17-18H,6-7,10-14H2,1-2H3/t18-/m1/s1. The highest BCUT2D eigenvalue weighted by Gasteiger charge is 2.38. The van der Waals surface area contributed by atoms with Crippen molar-refractivity contribution in [1.82, 2.24) is 9.80 Å². The lowest BCUT2D eigenvalue weighted by Gasteiger charge is -2.32. The zero-order chi connectivity index (χ0) is 17.8. The van der Waals surface area contributed by atoms with E-state index >= 15 is 0 Å². The first kappa shape index (κ1) is 17.8. The van der Waals surface area contributed by atoms with E-state index in [1.54, 1.807) is 4.90 Å². The summed E-state index contributed by atoms with van der Waals surface area (Å²) in [6.07, 6.45) is 4.08. The van der Waals surface area contributed by atoms with Crippen molar-refractivity contribution < 1.29 is 14.3 Å². The fourth-order valence-corrected chi connectivity index (χ4v) is 3.85. The smallest absolute Gasteiger partial charge is 0.410 e. The summed E-state index contributed by atoms with van der Waals surface area (Å²) < 4.78 is 5.18. The summed E-state index contributed by atoms with van der Waals surface area (Å²) in [5.74, 6) is 0.300. The van der Waals surface area contributed by atoms with Gasteiger partial charge in [-0.05, 0) is 24.3 Å². The van der Waals surface area contributed by atoms with Gasteiger partial charge >= 0.3 is 6.09 Å². The summed E-state index contributed by atoms with van der Waals surface area (Å²) in [6.45, 7) is 5.22. The third-order valence-corrected chi connectivity index (χ3v) is 5.37. The van der Waals surface area contributed by atoms with Crippen LogP contribution in [-0.2, 0) is 16.1 Å². The number of carbonyl (C=O) groups is 2. The topological polar surface area (TPSA) is 49.9 Å². The Morgan fingerprint density at radius 3 is 2.56 bits per heavy atom. The van der Waals surface area contributed by atoms with Gasteiger partial charge in [0.2, 0.25) is 5.91 Å². The largest absolute Gasteiger partial charge is 0.447 e. The molecule has 0 unspecified atom stereocenters. The molecule has 1 aromatic rings. The van der Waals surface area contributed by atoms with Crippen LogP contribution in [-0.4, -0.2) is 47.0 Å². The molecule has 0 radical (unpaired) electrons. The molecule has 2 fully saturated rings. The van der Waals surface area contributed by atoms with E-state index in [1.165, 1.54) is 12.8 Å². The van der Waals surface area contributed by atoms with Gasteiger partial charge in [0.1, 0.15) is 13.2 Å². The zero-order valence-electron chi connectivity index (χ0n) is 15.2. The van der Waals surface area contributed by atoms with Gasteiger partial charge < -0.3 is 9.64 Å². The summed E-state index contributed by atoms with van der Waals surface area (Å²) in [4.78, 5) is 28.7. The number of rotatable bonds is 6. The van der Waals surface area contributed by atoms with E-state index in [0.717, 1.165) is 18.4 Å². The minimum Gasteiger partial charge on any atom is -0.447 e. The van der Waals surface area contributed by atoms with E-state index in [1.807, 2.05) is 23.1 Å². The molecule has 1 heterocycles. The Bertz CT molecular complexity index is 596. The second-order valence-electron chi connectivity index (χ2n) is 7.46. The van der Waals surface area contributed by atoms with Crippen molar-refractivity contribution >= 4 is 12.0 Å². The van der Waals surface area contributed by atoms with Gasteiger partial charge in [-0.1, -0.05) is 57.0 Å². The minimum atomic E-state index is -0.363. The summed E-state index contributed by atoms with van der Waals surface area (Å²) in [5, 5.41) is 0. The summed E-state index contributed by atoms with van der Waals surface area (Å²) >= 11 is 0. The number of hydrogen-bond acceptors (Lipinski definition) is 3.